The minimum atomic E-state index is -0.723. The molecule has 1 aromatic heterocycles. The number of hydrogen-bond donors (Lipinski definition) is 1. The van der Waals surface area contributed by atoms with Gasteiger partial charge in [-0.3, -0.25) is 4.79 Å². The zero-order valence-corrected chi connectivity index (χ0v) is 12.3. The van der Waals surface area contributed by atoms with E-state index in [1.165, 1.54) is 10.3 Å². The van der Waals surface area contributed by atoms with E-state index in [0.717, 1.165) is 11.3 Å². The van der Waals surface area contributed by atoms with Crippen LogP contribution in [0.4, 0.5) is 0 Å². The molecule has 4 nitrogen and oxygen atoms in total. The minimum absolute atomic E-state index is 0.00546. The highest BCUT2D eigenvalue weighted by atomic mass is 32.1. The molecule has 1 heterocycles. The molecule has 1 aliphatic carbocycles. The van der Waals surface area contributed by atoms with Gasteiger partial charge in [-0.2, -0.15) is 0 Å². The van der Waals surface area contributed by atoms with E-state index in [1.54, 1.807) is 11.3 Å². The van der Waals surface area contributed by atoms with Gasteiger partial charge in [0.2, 0.25) is 0 Å². The molecular weight excluding hydrogens is 274 g/mol. The van der Waals surface area contributed by atoms with Crippen molar-refractivity contribution >= 4 is 27.5 Å². The number of nitrogens with zero attached hydrogens (tertiary/aromatic N) is 1. The van der Waals surface area contributed by atoms with E-state index in [4.69, 9.17) is 9.84 Å². The van der Waals surface area contributed by atoms with Gasteiger partial charge in [-0.05, 0) is 30.4 Å². The lowest BCUT2D eigenvalue weighted by Crippen LogP contribution is -2.38. The molecule has 0 amide bonds. The predicted octanol–water partition coefficient (Wildman–Crippen LogP) is 3.66. The fourth-order valence-electron chi connectivity index (χ4n) is 2.54. The second-order valence-electron chi connectivity index (χ2n) is 5.58. The fraction of sp³-hybridized carbons (Fsp3) is 0.467. The summed E-state index contributed by atoms with van der Waals surface area (Å²) < 4.78 is 7.09. The Balaban J connectivity index is 1.82. The number of ether oxygens (including phenoxy) is 1. The van der Waals surface area contributed by atoms with Gasteiger partial charge in [0.15, 0.2) is 0 Å². The van der Waals surface area contributed by atoms with E-state index in [0.29, 0.717) is 18.8 Å². The molecule has 0 aliphatic heterocycles. The van der Waals surface area contributed by atoms with Crippen molar-refractivity contribution in [3.63, 3.8) is 0 Å². The van der Waals surface area contributed by atoms with Gasteiger partial charge in [0.05, 0.1) is 16.1 Å². The van der Waals surface area contributed by atoms with Crippen molar-refractivity contribution in [2.45, 2.75) is 38.7 Å². The molecule has 1 saturated carbocycles. The van der Waals surface area contributed by atoms with Crippen LogP contribution in [0.1, 0.15) is 38.2 Å². The lowest BCUT2D eigenvalue weighted by atomic mass is 9.82. The number of thiazole rings is 1. The van der Waals surface area contributed by atoms with Gasteiger partial charge < -0.3 is 9.84 Å². The smallest absolute Gasteiger partial charge is 0.306 e. The van der Waals surface area contributed by atoms with Gasteiger partial charge in [-0.1, -0.05) is 19.9 Å². The standard InChI is InChI=1S/C15H17NO3S/c1-8(2)11-3-4-12(13-14(11)20-7-16-13)19-10-5-9(6-10)15(17)18/h3-4,7-10H,5-6H2,1-2H3,(H,17,18). The number of carbonyl (C=O) groups is 1. The topological polar surface area (TPSA) is 59.4 Å². The van der Waals surface area contributed by atoms with Crippen molar-refractivity contribution in [3.8, 4) is 5.75 Å². The van der Waals surface area contributed by atoms with Crippen molar-refractivity contribution in [3.05, 3.63) is 23.2 Å². The largest absolute Gasteiger partial charge is 0.488 e. The maximum absolute atomic E-state index is 10.8. The van der Waals surface area contributed by atoms with Gasteiger partial charge in [0.25, 0.3) is 0 Å². The third-order valence-corrected chi connectivity index (χ3v) is 4.71. The van der Waals surface area contributed by atoms with Crippen LogP contribution in [-0.2, 0) is 4.79 Å². The monoisotopic (exact) mass is 291 g/mol. The molecule has 0 radical (unpaired) electrons. The van der Waals surface area contributed by atoms with Crippen molar-refractivity contribution in [2.75, 3.05) is 0 Å². The van der Waals surface area contributed by atoms with Crippen molar-refractivity contribution in [2.24, 2.45) is 5.92 Å². The lowest BCUT2D eigenvalue weighted by molar-refractivity contribution is -0.147. The van der Waals surface area contributed by atoms with Crippen LogP contribution in [0, 0.1) is 5.92 Å². The Morgan fingerprint density at radius 1 is 1.45 bits per heavy atom. The molecule has 20 heavy (non-hydrogen) atoms. The molecule has 2 aromatic rings. The van der Waals surface area contributed by atoms with Crippen LogP contribution in [0.25, 0.3) is 10.2 Å². The van der Waals surface area contributed by atoms with E-state index in [1.807, 2.05) is 11.6 Å². The molecule has 3 rings (SSSR count). The van der Waals surface area contributed by atoms with E-state index >= 15 is 0 Å². The number of fused-ring (bicyclic) bond motifs is 1. The second kappa shape index (κ2) is 5.05. The van der Waals surface area contributed by atoms with Gasteiger partial charge in [-0.15, -0.1) is 11.3 Å². The van der Waals surface area contributed by atoms with Crippen molar-refractivity contribution in [1.82, 2.24) is 4.98 Å². The summed E-state index contributed by atoms with van der Waals surface area (Å²) in [6.07, 6.45) is 1.19. The maximum atomic E-state index is 10.8. The average Bonchev–Trinajstić information content (AvgIpc) is 2.81. The summed E-state index contributed by atoms with van der Waals surface area (Å²) in [6, 6.07) is 4.05. The summed E-state index contributed by atoms with van der Waals surface area (Å²) in [6.45, 7) is 4.33. The SMILES string of the molecule is CC(C)c1ccc(OC2CC(C(=O)O)C2)c2ncsc12. The molecule has 106 valence electrons. The molecule has 0 saturated heterocycles. The Kier molecular flexibility index (Phi) is 3.38. The number of aromatic nitrogens is 1. The Hall–Kier alpha value is -1.62. The highest BCUT2D eigenvalue weighted by molar-refractivity contribution is 7.17. The van der Waals surface area contributed by atoms with Crippen LogP contribution in [0.15, 0.2) is 17.6 Å². The number of aliphatic carboxylic acids is 1. The van der Waals surface area contributed by atoms with Crippen LogP contribution >= 0.6 is 11.3 Å². The molecule has 5 heteroatoms. The number of benzene rings is 1. The van der Waals surface area contributed by atoms with Gasteiger partial charge >= 0.3 is 5.97 Å². The van der Waals surface area contributed by atoms with Crippen molar-refractivity contribution < 1.29 is 14.6 Å². The summed E-state index contributed by atoms with van der Waals surface area (Å²) in [7, 11) is 0. The molecule has 1 N–H and O–H groups in total. The first kappa shape index (κ1) is 13.4. The molecule has 0 unspecified atom stereocenters. The fourth-order valence-corrected chi connectivity index (χ4v) is 3.51. The van der Waals surface area contributed by atoms with E-state index in [2.05, 4.69) is 24.9 Å². The van der Waals surface area contributed by atoms with Gasteiger partial charge in [0.1, 0.15) is 17.4 Å². The quantitative estimate of drug-likeness (QED) is 0.934. The molecule has 1 fully saturated rings. The highest BCUT2D eigenvalue weighted by Gasteiger charge is 2.36. The first-order valence-electron chi connectivity index (χ1n) is 6.81. The molecule has 0 bridgehead atoms. The van der Waals surface area contributed by atoms with E-state index in [-0.39, 0.29) is 12.0 Å². The van der Waals surface area contributed by atoms with Crippen LogP contribution in [0.3, 0.4) is 0 Å². The summed E-state index contributed by atoms with van der Waals surface area (Å²) in [5, 5.41) is 8.89. The first-order chi connectivity index (χ1) is 9.56. The number of rotatable bonds is 4. The Morgan fingerprint density at radius 3 is 2.85 bits per heavy atom. The van der Waals surface area contributed by atoms with Gasteiger partial charge in [0, 0.05) is 0 Å². The maximum Gasteiger partial charge on any atom is 0.306 e. The van der Waals surface area contributed by atoms with Crippen LogP contribution in [-0.4, -0.2) is 22.2 Å². The minimum Gasteiger partial charge on any atom is -0.488 e. The van der Waals surface area contributed by atoms with Crippen LogP contribution in [0.5, 0.6) is 5.75 Å². The molecule has 0 atom stereocenters. The molecular formula is C15H17NO3S. The van der Waals surface area contributed by atoms with Crippen LogP contribution in [0.2, 0.25) is 0 Å². The summed E-state index contributed by atoms with van der Waals surface area (Å²) in [5.74, 6) is 0.256. The Bertz CT molecular complexity index is 644. The number of carboxylic acid groups (broad SMARTS) is 1. The zero-order chi connectivity index (χ0) is 14.3. The number of hydrogen-bond acceptors (Lipinski definition) is 4. The molecule has 1 aromatic carbocycles. The molecule has 0 spiro atoms. The third-order valence-electron chi connectivity index (χ3n) is 3.84. The second-order valence-corrected chi connectivity index (χ2v) is 6.44. The highest BCUT2D eigenvalue weighted by Crippen LogP contribution is 2.37. The zero-order valence-electron chi connectivity index (χ0n) is 11.5. The Labute approximate surface area is 121 Å². The van der Waals surface area contributed by atoms with Gasteiger partial charge in [-0.25, -0.2) is 4.98 Å². The summed E-state index contributed by atoms with van der Waals surface area (Å²) in [4.78, 5) is 15.2. The summed E-state index contributed by atoms with van der Waals surface area (Å²) in [5.41, 5.74) is 4.02. The average molecular weight is 291 g/mol. The Morgan fingerprint density at radius 2 is 2.20 bits per heavy atom. The first-order valence-corrected chi connectivity index (χ1v) is 7.69. The van der Waals surface area contributed by atoms with Crippen molar-refractivity contribution in [1.29, 1.82) is 0 Å². The lowest BCUT2D eigenvalue weighted by Gasteiger charge is -2.32. The summed E-state index contributed by atoms with van der Waals surface area (Å²) >= 11 is 1.63. The molecule has 1 aliphatic rings. The number of carboxylic acids is 1. The third kappa shape index (κ3) is 2.26. The normalized spacial score (nSPS) is 21.9. The van der Waals surface area contributed by atoms with E-state index < -0.39 is 5.97 Å². The predicted molar refractivity (Wildman–Crippen MR) is 78.5 cm³/mol. The van der Waals surface area contributed by atoms with E-state index in [9.17, 15) is 4.79 Å². The van der Waals surface area contributed by atoms with Crippen LogP contribution < -0.4 is 4.74 Å².